The van der Waals surface area contributed by atoms with Gasteiger partial charge in [-0.2, -0.15) is 0 Å². The van der Waals surface area contributed by atoms with Crippen molar-refractivity contribution in [3.8, 4) is 17.2 Å². The van der Waals surface area contributed by atoms with Crippen LogP contribution in [0.4, 0.5) is 0 Å². The van der Waals surface area contributed by atoms with Crippen LogP contribution in [0.25, 0.3) is 0 Å². The molecule has 0 atom stereocenters. The number of benzene rings is 1. The smallest absolute Gasteiger partial charge is 0.253 e. The van der Waals surface area contributed by atoms with Gasteiger partial charge < -0.3 is 14.2 Å². The molecule has 1 aromatic carbocycles. The van der Waals surface area contributed by atoms with Crippen molar-refractivity contribution in [1.82, 2.24) is 4.57 Å². The van der Waals surface area contributed by atoms with Crippen molar-refractivity contribution in [3.63, 3.8) is 0 Å². The second kappa shape index (κ2) is 33.2. The first kappa shape index (κ1) is 47.0. The molecule has 53 heavy (non-hydrogen) atoms. The second-order valence-corrected chi connectivity index (χ2v) is 16.1. The van der Waals surface area contributed by atoms with E-state index in [4.69, 9.17) is 14.2 Å². The van der Waals surface area contributed by atoms with Crippen molar-refractivity contribution in [3.05, 3.63) is 35.9 Å². The second-order valence-electron chi connectivity index (χ2n) is 16.1. The average molecular weight is 740 g/mol. The summed E-state index contributed by atoms with van der Waals surface area (Å²) in [7, 11) is 2.11. The van der Waals surface area contributed by atoms with Crippen molar-refractivity contribution in [1.29, 1.82) is 0 Å². The highest BCUT2D eigenvalue weighted by atomic mass is 16.5. The molecule has 1 heterocycles. The van der Waals surface area contributed by atoms with Gasteiger partial charge in [-0.15, -0.1) is 0 Å². The summed E-state index contributed by atoms with van der Waals surface area (Å²) in [6.45, 7) is 12.0. The largest absolute Gasteiger partial charge is 0.490 e. The van der Waals surface area contributed by atoms with Gasteiger partial charge in [-0.25, -0.2) is 9.13 Å². The van der Waals surface area contributed by atoms with Crippen molar-refractivity contribution < 1.29 is 18.8 Å². The van der Waals surface area contributed by atoms with Gasteiger partial charge in [0.25, 0.3) is 5.82 Å². The maximum atomic E-state index is 6.61. The van der Waals surface area contributed by atoms with Gasteiger partial charge in [0.1, 0.15) is 18.9 Å². The molecule has 0 fully saturated rings. The third-order valence-corrected chi connectivity index (χ3v) is 11.1. The predicted octanol–water partition coefficient (Wildman–Crippen LogP) is 14.6. The van der Waals surface area contributed by atoms with Gasteiger partial charge in [0.05, 0.1) is 26.9 Å². The summed E-state index contributed by atoms with van der Waals surface area (Å²) in [4.78, 5) is 0. The van der Waals surface area contributed by atoms with E-state index in [9.17, 15) is 0 Å². The molecule has 0 radical (unpaired) electrons. The van der Waals surface area contributed by atoms with Crippen molar-refractivity contribution in [2.75, 3.05) is 19.8 Å². The third kappa shape index (κ3) is 23.4. The summed E-state index contributed by atoms with van der Waals surface area (Å²) in [6, 6.07) is 4.44. The monoisotopic (exact) mass is 740 g/mol. The molecule has 5 nitrogen and oxygen atoms in total. The van der Waals surface area contributed by atoms with E-state index < -0.39 is 0 Å². The van der Waals surface area contributed by atoms with Gasteiger partial charge >= 0.3 is 0 Å². The molecular weight excluding hydrogens is 653 g/mol. The summed E-state index contributed by atoms with van der Waals surface area (Å²) < 4.78 is 24.3. The van der Waals surface area contributed by atoms with E-state index in [1.807, 2.05) is 0 Å². The topological polar surface area (TPSA) is 36.5 Å². The lowest BCUT2D eigenvalue weighted by Crippen LogP contribution is -2.29. The Balaban J connectivity index is 2.00. The molecule has 0 bridgehead atoms. The van der Waals surface area contributed by atoms with E-state index in [0.717, 1.165) is 56.3 Å². The zero-order chi connectivity index (χ0) is 38.0. The summed E-state index contributed by atoms with van der Waals surface area (Å²) in [6.07, 6.45) is 44.0. The van der Waals surface area contributed by atoms with Crippen molar-refractivity contribution in [2.45, 2.75) is 227 Å². The molecule has 2 rings (SSSR count). The fourth-order valence-corrected chi connectivity index (χ4v) is 7.35. The Hall–Kier alpha value is -2.17. The quantitative estimate of drug-likeness (QED) is 0.0508. The number of hydrogen-bond acceptors (Lipinski definition) is 3. The number of unbranched alkanes of at least 4 members (excludes halogenated alkanes) is 27. The fourth-order valence-electron chi connectivity index (χ4n) is 7.35. The maximum Gasteiger partial charge on any atom is 0.253 e. The molecular formula is C48H87N2O3+. The first-order valence-electron chi connectivity index (χ1n) is 23.2. The standard InChI is InChI=1S/C48H87N2O3/c1-6-9-12-15-18-21-24-27-30-33-38-51-46-41-45(43-50-37-36-49(5)44(50)4)42-47(52-39-34-31-28-25-22-19-16-13-10-7-2)48(46)53-40-35-32-29-26-23-20-17-14-11-8-3/h36-37,41-42H,6-35,38-40,43H2,1-5H3/q+1. The first-order chi connectivity index (χ1) is 26.1. The zero-order valence-electron chi connectivity index (χ0n) is 36.0. The normalized spacial score (nSPS) is 11.4. The Labute approximate surface area is 329 Å². The van der Waals surface area contributed by atoms with Crippen molar-refractivity contribution >= 4 is 0 Å². The van der Waals surface area contributed by atoms with E-state index in [1.165, 1.54) is 185 Å². The molecule has 0 aliphatic carbocycles. The van der Waals surface area contributed by atoms with Gasteiger partial charge in [0.2, 0.25) is 5.75 Å². The van der Waals surface area contributed by atoms with Crippen LogP contribution in [0.2, 0.25) is 0 Å². The highest BCUT2D eigenvalue weighted by molar-refractivity contribution is 5.54. The van der Waals surface area contributed by atoms with E-state index >= 15 is 0 Å². The minimum absolute atomic E-state index is 0.714. The number of nitrogens with zero attached hydrogens (tertiary/aromatic N) is 2. The van der Waals surface area contributed by atoms with Gasteiger partial charge in [-0.1, -0.05) is 194 Å². The third-order valence-electron chi connectivity index (χ3n) is 11.1. The number of imidazole rings is 1. The summed E-state index contributed by atoms with van der Waals surface area (Å²) in [5, 5.41) is 0. The molecule has 0 unspecified atom stereocenters. The molecule has 2 aromatic rings. The Kier molecular flexibility index (Phi) is 29.4. The lowest BCUT2D eigenvalue weighted by Gasteiger charge is -2.19. The molecule has 5 heteroatoms. The SMILES string of the molecule is CCCCCCCCCCCCOc1cc(Cn2cc[n+](C)c2C)cc(OCCCCCCCCCCCC)c1OCCCCCCCCCCCC. The summed E-state index contributed by atoms with van der Waals surface area (Å²) >= 11 is 0. The number of aromatic nitrogens is 2. The molecule has 0 saturated heterocycles. The number of rotatable bonds is 38. The average Bonchev–Trinajstić information content (AvgIpc) is 3.47. The van der Waals surface area contributed by atoms with Gasteiger partial charge in [-0.05, 0) is 31.4 Å². The Bertz CT molecular complexity index is 1070. The van der Waals surface area contributed by atoms with Gasteiger partial charge in [0, 0.05) is 12.5 Å². The van der Waals surface area contributed by atoms with Crippen LogP contribution in [0.15, 0.2) is 24.5 Å². The van der Waals surface area contributed by atoms with Gasteiger partial charge in [0.15, 0.2) is 11.5 Å². The minimum Gasteiger partial charge on any atom is -0.490 e. The fraction of sp³-hybridized carbons (Fsp3) is 0.812. The highest BCUT2D eigenvalue weighted by Gasteiger charge is 2.19. The molecule has 0 amide bonds. The van der Waals surface area contributed by atoms with Crippen LogP contribution in [0, 0.1) is 6.92 Å². The number of ether oxygens (including phenoxy) is 3. The Morgan fingerprint density at radius 2 is 0.774 bits per heavy atom. The van der Waals surface area contributed by atoms with Gasteiger partial charge in [-0.3, -0.25) is 0 Å². The van der Waals surface area contributed by atoms with Crippen molar-refractivity contribution in [2.24, 2.45) is 7.05 Å². The maximum absolute atomic E-state index is 6.61. The lowest BCUT2D eigenvalue weighted by molar-refractivity contribution is -0.677. The van der Waals surface area contributed by atoms with E-state index in [2.05, 4.69) is 68.4 Å². The minimum atomic E-state index is 0.714. The zero-order valence-corrected chi connectivity index (χ0v) is 36.0. The van der Waals surface area contributed by atoms with Crippen LogP contribution in [-0.2, 0) is 13.6 Å². The van der Waals surface area contributed by atoms with Crippen LogP contribution in [0.1, 0.15) is 225 Å². The molecule has 0 N–H and O–H groups in total. The summed E-state index contributed by atoms with van der Waals surface area (Å²) in [5.74, 6) is 3.76. The molecule has 0 aliphatic rings. The van der Waals surface area contributed by atoms with E-state index in [-0.39, 0.29) is 0 Å². The van der Waals surface area contributed by atoms with Crippen LogP contribution >= 0.6 is 0 Å². The van der Waals surface area contributed by atoms with E-state index in [1.54, 1.807) is 0 Å². The van der Waals surface area contributed by atoms with Crippen LogP contribution in [-0.4, -0.2) is 24.4 Å². The van der Waals surface area contributed by atoms with Crippen LogP contribution in [0.3, 0.4) is 0 Å². The van der Waals surface area contributed by atoms with Crippen LogP contribution in [0.5, 0.6) is 17.2 Å². The van der Waals surface area contributed by atoms with Crippen LogP contribution < -0.4 is 18.8 Å². The molecule has 306 valence electrons. The molecule has 0 aliphatic heterocycles. The molecule has 0 spiro atoms. The lowest BCUT2D eigenvalue weighted by atomic mass is 10.1. The number of hydrogen-bond donors (Lipinski definition) is 0. The first-order valence-corrected chi connectivity index (χ1v) is 23.2. The molecule has 1 aromatic heterocycles. The molecule has 0 saturated carbocycles. The summed E-state index contributed by atoms with van der Waals surface area (Å²) in [5.41, 5.74) is 1.20. The highest BCUT2D eigenvalue weighted by Crippen LogP contribution is 2.40. The predicted molar refractivity (Wildman–Crippen MR) is 228 cm³/mol. The number of aryl methyl sites for hydroxylation is 1. The Morgan fingerprint density at radius 1 is 0.453 bits per heavy atom. The Morgan fingerprint density at radius 3 is 1.09 bits per heavy atom. The van der Waals surface area contributed by atoms with E-state index in [0.29, 0.717) is 6.61 Å².